The van der Waals surface area contributed by atoms with Crippen molar-refractivity contribution in [1.82, 2.24) is 0 Å². The van der Waals surface area contributed by atoms with Crippen LogP contribution in [0.15, 0.2) is 0 Å². The second-order valence-electron chi connectivity index (χ2n) is 8.15. The lowest BCUT2D eigenvalue weighted by atomic mass is 9.64. The molecule has 0 bridgehead atoms. The van der Waals surface area contributed by atoms with Gasteiger partial charge in [-0.3, -0.25) is 0 Å². The van der Waals surface area contributed by atoms with Crippen molar-refractivity contribution in [3.05, 3.63) is 0 Å². The van der Waals surface area contributed by atoms with Crippen LogP contribution >= 0.6 is 11.8 Å². The van der Waals surface area contributed by atoms with Crippen molar-refractivity contribution >= 4 is 11.8 Å². The summed E-state index contributed by atoms with van der Waals surface area (Å²) in [6.45, 7) is 5.69. The number of hydrogen-bond donors (Lipinski definition) is 1. The molecule has 2 N–H and O–H groups in total. The van der Waals surface area contributed by atoms with Crippen molar-refractivity contribution in [1.29, 1.82) is 0 Å². The molecule has 0 radical (unpaired) electrons. The van der Waals surface area contributed by atoms with Gasteiger partial charge in [-0.05, 0) is 80.6 Å². The van der Waals surface area contributed by atoms with Crippen LogP contribution in [0.5, 0.6) is 0 Å². The minimum atomic E-state index is 0.104. The smallest absolute Gasteiger partial charge is 0.0701 e. The third-order valence-electron chi connectivity index (χ3n) is 6.61. The van der Waals surface area contributed by atoms with Gasteiger partial charge >= 0.3 is 0 Å². The molecular weight excluding hydrogens is 278 g/mol. The number of thioether (sulfide) groups is 1. The van der Waals surface area contributed by atoms with Crippen LogP contribution in [0.1, 0.15) is 65.2 Å². The molecule has 1 spiro atoms. The molecule has 21 heavy (non-hydrogen) atoms. The summed E-state index contributed by atoms with van der Waals surface area (Å²) in [4.78, 5) is 0. The number of nitrogens with two attached hydrogens (primary N) is 1. The molecule has 2 saturated heterocycles. The Hall–Kier alpha value is 0.270. The molecule has 2 heterocycles. The van der Waals surface area contributed by atoms with E-state index in [0.717, 1.165) is 18.4 Å². The normalized spacial score (nSPS) is 40.6. The zero-order chi connectivity index (χ0) is 14.9. The molecule has 3 rings (SSSR count). The second-order valence-corrected chi connectivity index (χ2v) is 9.37. The highest BCUT2D eigenvalue weighted by atomic mass is 32.2. The molecular formula is C18H33NOS. The Morgan fingerprint density at radius 3 is 2.33 bits per heavy atom. The van der Waals surface area contributed by atoms with E-state index in [4.69, 9.17) is 10.5 Å². The lowest BCUT2D eigenvalue weighted by Crippen LogP contribution is -2.55. The predicted molar refractivity (Wildman–Crippen MR) is 91.7 cm³/mol. The van der Waals surface area contributed by atoms with Gasteiger partial charge in [0.1, 0.15) is 0 Å². The van der Waals surface area contributed by atoms with E-state index in [0.29, 0.717) is 5.92 Å². The van der Waals surface area contributed by atoms with Crippen molar-refractivity contribution in [2.75, 3.05) is 18.1 Å². The van der Waals surface area contributed by atoms with Gasteiger partial charge in [-0.15, -0.1) is 0 Å². The van der Waals surface area contributed by atoms with E-state index in [9.17, 15) is 0 Å². The summed E-state index contributed by atoms with van der Waals surface area (Å²) >= 11 is 2.09. The van der Waals surface area contributed by atoms with Crippen molar-refractivity contribution < 1.29 is 4.74 Å². The molecule has 122 valence electrons. The van der Waals surface area contributed by atoms with Gasteiger partial charge in [0.25, 0.3) is 0 Å². The first-order chi connectivity index (χ1) is 10.0. The van der Waals surface area contributed by atoms with Crippen LogP contribution in [0, 0.1) is 17.8 Å². The monoisotopic (exact) mass is 311 g/mol. The highest BCUT2D eigenvalue weighted by molar-refractivity contribution is 7.99. The first-order valence-corrected chi connectivity index (χ1v) is 10.2. The molecule has 3 heteroatoms. The maximum atomic E-state index is 6.93. The fourth-order valence-corrected chi connectivity index (χ4v) is 6.10. The number of hydrogen-bond acceptors (Lipinski definition) is 3. The lowest BCUT2D eigenvalue weighted by Gasteiger charge is -2.51. The van der Waals surface area contributed by atoms with Crippen molar-refractivity contribution in [2.24, 2.45) is 23.5 Å². The Bertz CT molecular complexity index is 338. The van der Waals surface area contributed by atoms with Gasteiger partial charge in [0.2, 0.25) is 0 Å². The molecule has 1 atom stereocenters. The summed E-state index contributed by atoms with van der Waals surface area (Å²) < 4.78 is 6.26. The molecule has 0 aromatic carbocycles. The fraction of sp³-hybridized carbons (Fsp3) is 1.00. The summed E-state index contributed by atoms with van der Waals surface area (Å²) in [5.74, 6) is 4.98. The summed E-state index contributed by atoms with van der Waals surface area (Å²) in [5.41, 5.74) is 7.22. The molecule has 3 fully saturated rings. The molecule has 2 nitrogen and oxygen atoms in total. The van der Waals surface area contributed by atoms with Gasteiger partial charge in [0, 0.05) is 12.1 Å². The van der Waals surface area contributed by atoms with E-state index in [1.54, 1.807) is 0 Å². The summed E-state index contributed by atoms with van der Waals surface area (Å²) in [6.07, 6.45) is 10.1. The first kappa shape index (κ1) is 16.1. The van der Waals surface area contributed by atoms with Crippen LogP contribution in [0.2, 0.25) is 0 Å². The number of rotatable bonds is 2. The van der Waals surface area contributed by atoms with E-state index in [2.05, 4.69) is 25.6 Å². The fourth-order valence-electron chi connectivity index (χ4n) is 4.86. The molecule has 3 aliphatic rings. The van der Waals surface area contributed by atoms with Crippen LogP contribution in [-0.4, -0.2) is 29.3 Å². The van der Waals surface area contributed by atoms with Crippen LogP contribution in [0.25, 0.3) is 0 Å². The van der Waals surface area contributed by atoms with Crippen molar-refractivity contribution in [3.8, 4) is 0 Å². The Morgan fingerprint density at radius 2 is 1.71 bits per heavy atom. The summed E-state index contributed by atoms with van der Waals surface area (Å²) in [7, 11) is 0. The van der Waals surface area contributed by atoms with Gasteiger partial charge in [0.05, 0.1) is 5.60 Å². The maximum Gasteiger partial charge on any atom is 0.0701 e. The Morgan fingerprint density at radius 1 is 1.05 bits per heavy atom. The molecule has 2 aliphatic heterocycles. The van der Waals surface area contributed by atoms with E-state index in [1.807, 2.05) is 0 Å². The van der Waals surface area contributed by atoms with Crippen LogP contribution in [0.3, 0.4) is 0 Å². The first-order valence-electron chi connectivity index (χ1n) is 9.04. The van der Waals surface area contributed by atoms with Crippen LogP contribution < -0.4 is 5.73 Å². The van der Waals surface area contributed by atoms with E-state index < -0.39 is 0 Å². The van der Waals surface area contributed by atoms with Gasteiger partial charge < -0.3 is 10.5 Å². The SMILES string of the molecule is CC(C)C1CCC(N)(C2CCOC3(CCSCC3)C2)CC1. The minimum Gasteiger partial charge on any atom is -0.375 e. The average molecular weight is 312 g/mol. The highest BCUT2D eigenvalue weighted by Crippen LogP contribution is 2.47. The van der Waals surface area contributed by atoms with E-state index in [-0.39, 0.29) is 11.1 Å². The van der Waals surface area contributed by atoms with E-state index >= 15 is 0 Å². The third kappa shape index (κ3) is 3.45. The zero-order valence-corrected chi connectivity index (χ0v) is 14.7. The molecule has 1 aliphatic carbocycles. The molecule has 1 saturated carbocycles. The van der Waals surface area contributed by atoms with E-state index in [1.165, 1.54) is 62.9 Å². The Balaban J connectivity index is 1.63. The lowest BCUT2D eigenvalue weighted by molar-refractivity contribution is -0.117. The maximum absolute atomic E-state index is 6.93. The predicted octanol–water partition coefficient (Wildman–Crippen LogP) is 4.22. The van der Waals surface area contributed by atoms with Gasteiger partial charge in [-0.1, -0.05) is 13.8 Å². The van der Waals surface area contributed by atoms with Gasteiger partial charge in [-0.25, -0.2) is 0 Å². The van der Waals surface area contributed by atoms with Crippen molar-refractivity contribution in [3.63, 3.8) is 0 Å². The average Bonchev–Trinajstić information content (AvgIpc) is 2.48. The Kier molecular flexibility index (Phi) is 4.93. The highest BCUT2D eigenvalue weighted by Gasteiger charge is 2.46. The molecule has 0 amide bonds. The van der Waals surface area contributed by atoms with Crippen LogP contribution in [-0.2, 0) is 4.74 Å². The molecule has 1 unspecified atom stereocenters. The molecule has 0 aromatic rings. The Labute approximate surface area is 135 Å². The van der Waals surface area contributed by atoms with Gasteiger partial charge in [0.15, 0.2) is 0 Å². The summed E-state index contributed by atoms with van der Waals surface area (Å²) in [5, 5.41) is 0. The molecule has 0 aromatic heterocycles. The third-order valence-corrected chi connectivity index (χ3v) is 7.60. The summed E-state index contributed by atoms with van der Waals surface area (Å²) in [6, 6.07) is 0. The number of ether oxygens (including phenoxy) is 1. The zero-order valence-electron chi connectivity index (χ0n) is 13.9. The largest absolute Gasteiger partial charge is 0.375 e. The van der Waals surface area contributed by atoms with Crippen molar-refractivity contribution in [2.45, 2.75) is 76.4 Å². The quantitative estimate of drug-likeness (QED) is 0.829. The topological polar surface area (TPSA) is 35.2 Å². The minimum absolute atomic E-state index is 0.104. The standard InChI is InChI=1S/C18H33NOS/c1-14(2)15-3-6-18(19,7-4-15)16-5-10-20-17(13-16)8-11-21-12-9-17/h14-16H,3-13,19H2,1-2H3. The second kappa shape index (κ2) is 6.41. The van der Waals surface area contributed by atoms with Crippen LogP contribution in [0.4, 0.5) is 0 Å². The van der Waals surface area contributed by atoms with Gasteiger partial charge in [-0.2, -0.15) is 11.8 Å².